The van der Waals surface area contributed by atoms with Crippen LogP contribution in [0.4, 0.5) is 5.69 Å². The molecule has 1 aliphatic rings. The summed E-state index contributed by atoms with van der Waals surface area (Å²) in [6.07, 6.45) is 0.559. The summed E-state index contributed by atoms with van der Waals surface area (Å²) in [4.78, 5) is 2.30. The number of nitrogens with one attached hydrogen (secondary N) is 1. The maximum absolute atomic E-state index is 13.0. The molecule has 6 nitrogen and oxygen atoms in total. The summed E-state index contributed by atoms with van der Waals surface area (Å²) in [5, 5.41) is 4.41. The number of hydrogen-bond acceptors (Lipinski definition) is 5. The first-order valence-electron chi connectivity index (χ1n) is 9.36. The standard InChI is InChI=1S/C21H22ClN3O3S/c1-14-21(15(2)28-23-14)29(26,27)24-19-11-17-10-18(22)8-9-20(17)25(13-19)12-16-6-4-3-5-7-16/h3-10,19,24H,11-13H2,1-2H3. The van der Waals surface area contributed by atoms with Crippen molar-refractivity contribution in [1.29, 1.82) is 0 Å². The van der Waals surface area contributed by atoms with Crippen LogP contribution in [-0.2, 0) is 23.0 Å². The minimum atomic E-state index is -3.75. The molecule has 0 amide bonds. The van der Waals surface area contributed by atoms with Crippen molar-refractivity contribution >= 4 is 27.3 Å². The Labute approximate surface area is 175 Å². The highest BCUT2D eigenvalue weighted by Gasteiger charge is 2.31. The number of aryl methyl sites for hydroxylation is 2. The number of fused-ring (bicyclic) bond motifs is 1. The first-order chi connectivity index (χ1) is 13.8. The third-order valence-electron chi connectivity index (χ3n) is 5.06. The fourth-order valence-corrected chi connectivity index (χ4v) is 5.64. The molecule has 0 saturated carbocycles. The summed E-state index contributed by atoms with van der Waals surface area (Å²) in [5.41, 5.74) is 3.61. The molecule has 29 heavy (non-hydrogen) atoms. The number of aromatic nitrogens is 1. The second-order valence-electron chi connectivity index (χ2n) is 7.31. The van der Waals surface area contributed by atoms with Gasteiger partial charge in [0.05, 0.1) is 0 Å². The van der Waals surface area contributed by atoms with Crippen LogP contribution in [0.15, 0.2) is 57.9 Å². The first-order valence-corrected chi connectivity index (χ1v) is 11.2. The number of benzene rings is 2. The van der Waals surface area contributed by atoms with Gasteiger partial charge in [-0.15, -0.1) is 0 Å². The zero-order valence-corrected chi connectivity index (χ0v) is 17.8. The smallest absolute Gasteiger partial charge is 0.246 e. The number of hydrogen-bond donors (Lipinski definition) is 1. The molecule has 1 N–H and O–H groups in total. The minimum Gasteiger partial charge on any atom is -0.365 e. The minimum absolute atomic E-state index is 0.115. The summed E-state index contributed by atoms with van der Waals surface area (Å²) in [7, 11) is -3.75. The maximum Gasteiger partial charge on any atom is 0.246 e. The predicted octanol–water partition coefficient (Wildman–Crippen LogP) is 3.85. The summed E-state index contributed by atoms with van der Waals surface area (Å²) in [6, 6.07) is 15.6. The van der Waals surface area contributed by atoms with Crippen molar-refractivity contribution in [1.82, 2.24) is 9.88 Å². The quantitative estimate of drug-likeness (QED) is 0.664. The van der Waals surface area contributed by atoms with E-state index < -0.39 is 10.0 Å². The fraction of sp³-hybridized carbons (Fsp3) is 0.286. The molecular weight excluding hydrogens is 410 g/mol. The van der Waals surface area contributed by atoms with Crippen LogP contribution in [0.1, 0.15) is 22.6 Å². The molecule has 152 valence electrons. The average Bonchev–Trinajstić information content (AvgIpc) is 3.01. The van der Waals surface area contributed by atoms with E-state index in [2.05, 4.69) is 26.9 Å². The van der Waals surface area contributed by atoms with Crippen LogP contribution in [0.5, 0.6) is 0 Å². The Morgan fingerprint density at radius 3 is 2.66 bits per heavy atom. The predicted molar refractivity (Wildman–Crippen MR) is 113 cm³/mol. The van der Waals surface area contributed by atoms with E-state index >= 15 is 0 Å². The molecule has 2 aromatic carbocycles. The fourth-order valence-electron chi connectivity index (χ4n) is 3.89. The average molecular weight is 432 g/mol. The Morgan fingerprint density at radius 1 is 1.21 bits per heavy atom. The summed E-state index contributed by atoms with van der Waals surface area (Å²) in [6.45, 7) is 4.46. The monoisotopic (exact) mass is 431 g/mol. The Hall–Kier alpha value is -2.35. The van der Waals surface area contributed by atoms with Gasteiger partial charge in [-0.25, -0.2) is 13.1 Å². The molecule has 0 radical (unpaired) electrons. The van der Waals surface area contributed by atoms with Crippen LogP contribution in [0.2, 0.25) is 5.02 Å². The summed E-state index contributed by atoms with van der Waals surface area (Å²) >= 11 is 6.21. The Morgan fingerprint density at radius 2 is 1.97 bits per heavy atom. The van der Waals surface area contributed by atoms with Crippen LogP contribution in [0, 0.1) is 13.8 Å². The van der Waals surface area contributed by atoms with Crippen LogP contribution in [0.25, 0.3) is 0 Å². The SMILES string of the molecule is Cc1noc(C)c1S(=O)(=O)NC1Cc2cc(Cl)ccc2N(Cc2ccccc2)C1. The van der Waals surface area contributed by atoms with Gasteiger partial charge >= 0.3 is 0 Å². The number of nitrogens with zero attached hydrogens (tertiary/aromatic N) is 2. The van der Waals surface area contributed by atoms with Crippen LogP contribution in [-0.4, -0.2) is 26.2 Å². The highest BCUT2D eigenvalue weighted by atomic mass is 35.5. The largest absolute Gasteiger partial charge is 0.365 e. The molecule has 1 aliphatic heterocycles. The first kappa shape index (κ1) is 19.9. The van der Waals surface area contributed by atoms with Gasteiger partial charge in [0.25, 0.3) is 0 Å². The lowest BCUT2D eigenvalue weighted by Gasteiger charge is -2.36. The molecule has 8 heteroatoms. The highest BCUT2D eigenvalue weighted by Crippen LogP contribution is 2.31. The Kier molecular flexibility index (Phi) is 5.38. The molecule has 1 aromatic heterocycles. The van der Waals surface area contributed by atoms with E-state index in [0.717, 1.165) is 16.8 Å². The normalized spacial score (nSPS) is 16.7. The van der Waals surface area contributed by atoms with Crippen molar-refractivity contribution < 1.29 is 12.9 Å². The van der Waals surface area contributed by atoms with E-state index in [1.807, 2.05) is 36.4 Å². The number of halogens is 1. The molecule has 0 bridgehead atoms. The summed E-state index contributed by atoms with van der Waals surface area (Å²) < 4.78 is 33.9. The van der Waals surface area contributed by atoms with Gasteiger partial charge in [0, 0.05) is 29.8 Å². The van der Waals surface area contributed by atoms with E-state index in [0.29, 0.717) is 30.2 Å². The second-order valence-corrected chi connectivity index (χ2v) is 9.40. The molecule has 0 aliphatic carbocycles. The van der Waals surface area contributed by atoms with Gasteiger partial charge in [0.15, 0.2) is 5.76 Å². The van der Waals surface area contributed by atoms with Crippen molar-refractivity contribution in [2.24, 2.45) is 0 Å². The maximum atomic E-state index is 13.0. The van der Waals surface area contributed by atoms with Crippen molar-refractivity contribution in [3.05, 3.63) is 76.1 Å². The Bertz CT molecular complexity index is 1110. The molecular formula is C21H22ClN3O3S. The lowest BCUT2D eigenvalue weighted by atomic mass is 9.98. The lowest BCUT2D eigenvalue weighted by molar-refractivity contribution is 0.390. The van der Waals surface area contributed by atoms with Gasteiger partial charge in [-0.05, 0) is 49.6 Å². The van der Waals surface area contributed by atoms with E-state index in [1.54, 1.807) is 13.8 Å². The number of rotatable bonds is 5. The lowest BCUT2D eigenvalue weighted by Crippen LogP contribution is -2.48. The van der Waals surface area contributed by atoms with Crippen molar-refractivity contribution in [2.75, 3.05) is 11.4 Å². The van der Waals surface area contributed by atoms with Gasteiger partial charge in [0.1, 0.15) is 10.6 Å². The zero-order valence-electron chi connectivity index (χ0n) is 16.2. The molecule has 3 aromatic rings. The van der Waals surface area contributed by atoms with Crippen LogP contribution < -0.4 is 9.62 Å². The van der Waals surface area contributed by atoms with Gasteiger partial charge < -0.3 is 9.42 Å². The van der Waals surface area contributed by atoms with E-state index in [4.69, 9.17) is 16.1 Å². The molecule has 0 spiro atoms. The molecule has 1 unspecified atom stereocenters. The van der Waals surface area contributed by atoms with Crippen molar-refractivity contribution in [3.8, 4) is 0 Å². The molecule has 1 atom stereocenters. The summed E-state index contributed by atoms with van der Waals surface area (Å²) in [5.74, 6) is 0.287. The number of anilines is 1. The second kappa shape index (κ2) is 7.82. The number of sulfonamides is 1. The topological polar surface area (TPSA) is 75.4 Å². The highest BCUT2D eigenvalue weighted by molar-refractivity contribution is 7.89. The molecule has 0 saturated heterocycles. The zero-order chi connectivity index (χ0) is 20.6. The van der Waals surface area contributed by atoms with Crippen molar-refractivity contribution in [3.63, 3.8) is 0 Å². The molecule has 0 fully saturated rings. The van der Waals surface area contributed by atoms with Gasteiger partial charge in [-0.2, -0.15) is 0 Å². The Balaban J connectivity index is 1.64. The van der Waals surface area contributed by atoms with Crippen LogP contribution in [0.3, 0.4) is 0 Å². The van der Waals surface area contributed by atoms with Crippen molar-refractivity contribution in [2.45, 2.75) is 37.8 Å². The van der Waals surface area contributed by atoms with E-state index in [9.17, 15) is 8.42 Å². The van der Waals surface area contributed by atoms with Gasteiger partial charge in [-0.3, -0.25) is 0 Å². The van der Waals surface area contributed by atoms with E-state index in [-0.39, 0.29) is 16.7 Å². The molecule has 2 heterocycles. The third-order valence-corrected chi connectivity index (χ3v) is 7.06. The van der Waals surface area contributed by atoms with E-state index in [1.165, 1.54) is 0 Å². The van der Waals surface area contributed by atoms with Gasteiger partial charge in [0.2, 0.25) is 10.0 Å². The third kappa shape index (κ3) is 4.17. The molecule has 4 rings (SSSR count). The van der Waals surface area contributed by atoms with Crippen LogP contribution >= 0.6 is 11.6 Å². The van der Waals surface area contributed by atoms with Gasteiger partial charge in [-0.1, -0.05) is 47.1 Å².